The summed E-state index contributed by atoms with van der Waals surface area (Å²) >= 11 is 1.61. The normalized spacial score (nSPS) is 24.4. The van der Waals surface area contributed by atoms with E-state index in [1.165, 1.54) is 0 Å². The van der Waals surface area contributed by atoms with Gasteiger partial charge in [0.2, 0.25) is 0 Å². The van der Waals surface area contributed by atoms with E-state index in [-0.39, 0.29) is 6.04 Å². The fraction of sp³-hybridized carbons (Fsp3) is 0.636. The van der Waals surface area contributed by atoms with Gasteiger partial charge in [-0.3, -0.25) is 9.69 Å². The highest BCUT2D eigenvalue weighted by Crippen LogP contribution is 2.21. The highest BCUT2D eigenvalue weighted by Gasteiger charge is 2.36. The molecule has 0 bridgehead atoms. The summed E-state index contributed by atoms with van der Waals surface area (Å²) in [7, 11) is 1.92. The maximum atomic E-state index is 11.1. The Labute approximate surface area is 104 Å². The second kappa shape index (κ2) is 5.12. The van der Waals surface area contributed by atoms with Crippen LogP contribution < -0.4 is 0 Å². The predicted molar refractivity (Wildman–Crippen MR) is 64.1 cm³/mol. The number of carbonyl (C=O) groups is 1. The third-order valence-corrected chi connectivity index (χ3v) is 3.83. The summed E-state index contributed by atoms with van der Waals surface area (Å²) in [6, 6.07) is -0.0606. The summed E-state index contributed by atoms with van der Waals surface area (Å²) < 4.78 is 5.25. The molecule has 0 amide bonds. The number of nitrogens with zero attached hydrogens (tertiary/aromatic N) is 2. The van der Waals surface area contributed by atoms with Gasteiger partial charge in [0.25, 0.3) is 0 Å². The number of likely N-dealkylation sites (N-methyl/N-ethyl adjacent to an activating group) is 1. The molecule has 0 saturated carbocycles. The Kier molecular flexibility index (Phi) is 3.76. The van der Waals surface area contributed by atoms with Gasteiger partial charge < -0.3 is 9.84 Å². The average Bonchev–Trinajstić information content (AvgIpc) is 2.86. The number of thiazole rings is 1. The molecule has 0 aliphatic carbocycles. The fourth-order valence-corrected chi connectivity index (χ4v) is 2.67. The highest BCUT2D eigenvalue weighted by atomic mass is 32.1. The van der Waals surface area contributed by atoms with Crippen LogP contribution in [-0.2, 0) is 16.1 Å². The number of ether oxygens (including phenoxy) is 1. The van der Waals surface area contributed by atoms with E-state index in [2.05, 4.69) is 4.98 Å². The summed E-state index contributed by atoms with van der Waals surface area (Å²) in [6.07, 6.45) is 0. The zero-order chi connectivity index (χ0) is 12.4. The highest BCUT2D eigenvalue weighted by molar-refractivity contribution is 7.09. The van der Waals surface area contributed by atoms with Crippen molar-refractivity contribution in [3.63, 3.8) is 0 Å². The van der Waals surface area contributed by atoms with Gasteiger partial charge in [-0.1, -0.05) is 0 Å². The Morgan fingerprint density at radius 1 is 1.71 bits per heavy atom. The third-order valence-electron chi connectivity index (χ3n) is 3.01. The zero-order valence-electron chi connectivity index (χ0n) is 9.92. The molecule has 1 aliphatic heterocycles. The molecule has 1 saturated heterocycles. The first-order valence-electron chi connectivity index (χ1n) is 5.49. The SMILES string of the molecule is Cc1nc(CN(C)C2COCC2C(=O)O)cs1. The van der Waals surface area contributed by atoms with Gasteiger partial charge in [-0.2, -0.15) is 0 Å². The van der Waals surface area contributed by atoms with E-state index < -0.39 is 11.9 Å². The molecular formula is C11H16N2O3S. The predicted octanol–water partition coefficient (Wildman–Crippen LogP) is 0.983. The van der Waals surface area contributed by atoms with E-state index in [0.717, 1.165) is 10.7 Å². The molecule has 2 heterocycles. The lowest BCUT2D eigenvalue weighted by atomic mass is 10.0. The molecule has 1 fully saturated rings. The van der Waals surface area contributed by atoms with Crippen LogP contribution in [0.15, 0.2) is 5.38 Å². The van der Waals surface area contributed by atoms with Crippen LogP contribution in [0.25, 0.3) is 0 Å². The van der Waals surface area contributed by atoms with Gasteiger partial charge in [-0.15, -0.1) is 11.3 Å². The minimum Gasteiger partial charge on any atom is -0.481 e. The van der Waals surface area contributed by atoms with Crippen LogP contribution in [0.3, 0.4) is 0 Å². The number of aryl methyl sites for hydroxylation is 1. The molecule has 1 N–H and O–H groups in total. The van der Waals surface area contributed by atoms with Gasteiger partial charge in [0.1, 0.15) is 0 Å². The van der Waals surface area contributed by atoms with Crippen LogP contribution >= 0.6 is 11.3 Å². The number of carboxylic acids is 1. The van der Waals surface area contributed by atoms with Gasteiger partial charge in [0.05, 0.1) is 29.8 Å². The second-order valence-corrected chi connectivity index (χ2v) is 5.38. The zero-order valence-corrected chi connectivity index (χ0v) is 10.7. The van der Waals surface area contributed by atoms with Gasteiger partial charge in [0, 0.05) is 18.0 Å². The van der Waals surface area contributed by atoms with Gasteiger partial charge in [-0.25, -0.2) is 4.98 Å². The second-order valence-electron chi connectivity index (χ2n) is 4.32. The smallest absolute Gasteiger partial charge is 0.310 e. The van der Waals surface area contributed by atoms with Crippen LogP contribution in [0.4, 0.5) is 0 Å². The standard InChI is InChI=1S/C11H16N2O3S/c1-7-12-8(6-17-7)3-13(2)10-5-16-4-9(10)11(14)15/h6,9-10H,3-5H2,1-2H3,(H,14,15). The molecule has 0 aromatic carbocycles. The number of hydrogen-bond acceptors (Lipinski definition) is 5. The molecule has 1 aromatic rings. The largest absolute Gasteiger partial charge is 0.481 e. The van der Waals surface area contributed by atoms with Crippen molar-refractivity contribution in [2.45, 2.75) is 19.5 Å². The maximum Gasteiger partial charge on any atom is 0.310 e. The Bertz CT molecular complexity index is 407. The molecule has 2 unspecified atom stereocenters. The van der Waals surface area contributed by atoms with Crippen molar-refractivity contribution in [2.24, 2.45) is 5.92 Å². The Morgan fingerprint density at radius 2 is 2.47 bits per heavy atom. The van der Waals surface area contributed by atoms with Crippen LogP contribution in [0, 0.1) is 12.8 Å². The van der Waals surface area contributed by atoms with Gasteiger partial charge >= 0.3 is 5.97 Å². The molecule has 0 spiro atoms. The topological polar surface area (TPSA) is 62.7 Å². The van der Waals surface area contributed by atoms with Crippen LogP contribution in [0.5, 0.6) is 0 Å². The first-order chi connectivity index (χ1) is 8.08. The summed E-state index contributed by atoms with van der Waals surface area (Å²) in [5.74, 6) is -1.21. The first kappa shape index (κ1) is 12.5. The van der Waals surface area contributed by atoms with E-state index in [4.69, 9.17) is 9.84 Å². The monoisotopic (exact) mass is 256 g/mol. The summed E-state index contributed by atoms with van der Waals surface area (Å²) in [4.78, 5) is 17.4. The van der Waals surface area contributed by atoms with E-state index in [1.54, 1.807) is 11.3 Å². The number of hydrogen-bond donors (Lipinski definition) is 1. The van der Waals surface area contributed by atoms with Gasteiger partial charge in [0.15, 0.2) is 0 Å². The molecule has 0 radical (unpaired) electrons. The molecule has 2 rings (SSSR count). The number of carboxylic acid groups (broad SMARTS) is 1. The van der Waals surface area contributed by atoms with Crippen molar-refractivity contribution in [1.82, 2.24) is 9.88 Å². The number of aromatic nitrogens is 1. The Balaban J connectivity index is 1.99. The van der Waals surface area contributed by atoms with E-state index >= 15 is 0 Å². The van der Waals surface area contributed by atoms with Crippen molar-refractivity contribution in [2.75, 3.05) is 20.3 Å². The molecule has 1 aliphatic rings. The Hall–Kier alpha value is -0.980. The van der Waals surface area contributed by atoms with E-state index in [0.29, 0.717) is 19.8 Å². The van der Waals surface area contributed by atoms with Crippen molar-refractivity contribution in [1.29, 1.82) is 0 Å². The minimum atomic E-state index is -0.784. The average molecular weight is 256 g/mol. The molecule has 6 heteroatoms. The van der Waals surface area contributed by atoms with Crippen molar-refractivity contribution in [3.05, 3.63) is 16.1 Å². The number of rotatable bonds is 4. The lowest BCUT2D eigenvalue weighted by molar-refractivity contribution is -0.143. The molecule has 94 valence electrons. The van der Waals surface area contributed by atoms with E-state index in [1.807, 2.05) is 24.3 Å². The molecule has 5 nitrogen and oxygen atoms in total. The minimum absolute atomic E-state index is 0.0606. The van der Waals surface area contributed by atoms with Crippen molar-refractivity contribution < 1.29 is 14.6 Å². The third kappa shape index (κ3) is 2.83. The number of aliphatic carboxylic acids is 1. The maximum absolute atomic E-state index is 11.1. The fourth-order valence-electron chi connectivity index (χ4n) is 2.07. The Morgan fingerprint density at radius 3 is 3.06 bits per heavy atom. The van der Waals surface area contributed by atoms with Crippen LogP contribution in [0.2, 0.25) is 0 Å². The lowest BCUT2D eigenvalue weighted by Gasteiger charge is -2.25. The van der Waals surface area contributed by atoms with Crippen molar-refractivity contribution in [3.8, 4) is 0 Å². The summed E-state index contributed by atoms with van der Waals surface area (Å²) in [6.45, 7) is 3.42. The molecule has 17 heavy (non-hydrogen) atoms. The van der Waals surface area contributed by atoms with Crippen molar-refractivity contribution >= 4 is 17.3 Å². The molecule has 2 atom stereocenters. The lowest BCUT2D eigenvalue weighted by Crippen LogP contribution is -2.40. The first-order valence-corrected chi connectivity index (χ1v) is 6.37. The summed E-state index contributed by atoms with van der Waals surface area (Å²) in [5.41, 5.74) is 0.992. The summed E-state index contributed by atoms with van der Waals surface area (Å²) in [5, 5.41) is 12.1. The molecular weight excluding hydrogens is 240 g/mol. The quantitative estimate of drug-likeness (QED) is 0.870. The molecule has 1 aromatic heterocycles. The van der Waals surface area contributed by atoms with Crippen LogP contribution in [-0.4, -0.2) is 47.3 Å². The van der Waals surface area contributed by atoms with Crippen LogP contribution in [0.1, 0.15) is 10.7 Å². The van der Waals surface area contributed by atoms with E-state index in [9.17, 15) is 4.79 Å². The van der Waals surface area contributed by atoms with Gasteiger partial charge in [-0.05, 0) is 14.0 Å².